The lowest BCUT2D eigenvalue weighted by molar-refractivity contribution is -0.112. The van der Waals surface area contributed by atoms with E-state index in [0.29, 0.717) is 18.7 Å². The SMILES string of the molecule is COc1ccccc1CCN/C=C(/C#N)C(=O)Nc1cccc(O)c1. The molecule has 0 saturated carbocycles. The Bertz CT molecular complexity index is 810. The average molecular weight is 337 g/mol. The largest absolute Gasteiger partial charge is 0.508 e. The first-order valence-electron chi connectivity index (χ1n) is 7.70. The summed E-state index contributed by atoms with van der Waals surface area (Å²) in [6.45, 7) is 0.547. The summed E-state index contributed by atoms with van der Waals surface area (Å²) in [6, 6.07) is 15.7. The number of nitriles is 1. The number of nitrogens with zero attached hydrogens (tertiary/aromatic N) is 1. The number of aromatic hydroxyl groups is 1. The van der Waals surface area contributed by atoms with Gasteiger partial charge in [0.05, 0.1) is 7.11 Å². The molecule has 0 unspecified atom stereocenters. The van der Waals surface area contributed by atoms with Crippen molar-refractivity contribution in [1.82, 2.24) is 5.32 Å². The fraction of sp³-hybridized carbons (Fsp3) is 0.158. The van der Waals surface area contributed by atoms with Crippen LogP contribution in [0.5, 0.6) is 11.5 Å². The Kier molecular flexibility index (Phi) is 6.43. The average Bonchev–Trinajstić information content (AvgIpc) is 2.62. The molecule has 0 saturated heterocycles. The molecule has 6 nitrogen and oxygen atoms in total. The lowest BCUT2D eigenvalue weighted by Gasteiger charge is -2.08. The van der Waals surface area contributed by atoms with E-state index in [1.807, 2.05) is 30.3 Å². The van der Waals surface area contributed by atoms with Crippen LogP contribution < -0.4 is 15.4 Å². The van der Waals surface area contributed by atoms with Crippen LogP contribution in [0.4, 0.5) is 5.69 Å². The minimum Gasteiger partial charge on any atom is -0.508 e. The third kappa shape index (κ3) is 5.29. The molecule has 0 aliphatic carbocycles. The van der Waals surface area contributed by atoms with Gasteiger partial charge in [-0.25, -0.2) is 0 Å². The monoisotopic (exact) mass is 337 g/mol. The number of amides is 1. The predicted molar refractivity (Wildman–Crippen MR) is 95.1 cm³/mol. The lowest BCUT2D eigenvalue weighted by Crippen LogP contribution is -2.18. The maximum Gasteiger partial charge on any atom is 0.267 e. The van der Waals surface area contributed by atoms with Crippen LogP contribution in [-0.4, -0.2) is 24.7 Å². The number of phenolic OH excluding ortho intramolecular Hbond substituents is 1. The van der Waals surface area contributed by atoms with E-state index >= 15 is 0 Å². The van der Waals surface area contributed by atoms with Gasteiger partial charge in [0.1, 0.15) is 23.1 Å². The lowest BCUT2D eigenvalue weighted by atomic mass is 10.1. The molecule has 0 aliphatic heterocycles. The summed E-state index contributed by atoms with van der Waals surface area (Å²) in [5.74, 6) is 0.295. The van der Waals surface area contributed by atoms with Gasteiger partial charge in [-0.3, -0.25) is 4.79 Å². The molecular weight excluding hydrogens is 318 g/mol. The van der Waals surface area contributed by atoms with Gasteiger partial charge < -0.3 is 20.5 Å². The maximum atomic E-state index is 12.1. The van der Waals surface area contributed by atoms with Crippen molar-refractivity contribution >= 4 is 11.6 Å². The number of methoxy groups -OCH3 is 1. The highest BCUT2D eigenvalue weighted by Gasteiger charge is 2.09. The zero-order valence-corrected chi connectivity index (χ0v) is 13.8. The quantitative estimate of drug-likeness (QED) is 0.410. The zero-order chi connectivity index (χ0) is 18.1. The molecule has 2 aromatic rings. The van der Waals surface area contributed by atoms with Crippen LogP contribution in [0, 0.1) is 11.3 Å². The molecule has 0 fully saturated rings. The maximum absolute atomic E-state index is 12.1. The van der Waals surface area contributed by atoms with Crippen LogP contribution in [-0.2, 0) is 11.2 Å². The highest BCUT2D eigenvalue weighted by atomic mass is 16.5. The molecule has 25 heavy (non-hydrogen) atoms. The van der Waals surface area contributed by atoms with Gasteiger partial charge in [-0.15, -0.1) is 0 Å². The summed E-state index contributed by atoms with van der Waals surface area (Å²) < 4.78 is 5.28. The standard InChI is InChI=1S/C19H19N3O3/c1-25-18-8-3-2-5-14(18)9-10-21-13-15(12-20)19(24)22-16-6-4-7-17(23)11-16/h2-8,11,13,21,23H,9-10H2,1H3,(H,22,24)/b15-13-. The number of anilines is 1. The second kappa shape index (κ2) is 8.99. The number of carbonyl (C=O) groups excluding carboxylic acids is 1. The molecule has 0 spiro atoms. The smallest absolute Gasteiger partial charge is 0.267 e. The molecule has 6 heteroatoms. The van der Waals surface area contributed by atoms with E-state index in [1.165, 1.54) is 18.3 Å². The second-order valence-electron chi connectivity index (χ2n) is 5.19. The molecule has 128 valence electrons. The number of para-hydroxylation sites is 1. The van der Waals surface area contributed by atoms with Gasteiger partial charge in [0.2, 0.25) is 0 Å². The molecule has 0 aromatic heterocycles. The Labute approximate surface area is 146 Å². The van der Waals surface area contributed by atoms with Gasteiger partial charge in [-0.2, -0.15) is 5.26 Å². The highest BCUT2D eigenvalue weighted by Crippen LogP contribution is 2.17. The summed E-state index contributed by atoms with van der Waals surface area (Å²) in [6.07, 6.45) is 2.07. The van der Waals surface area contributed by atoms with Crippen LogP contribution in [0.2, 0.25) is 0 Å². The summed E-state index contributed by atoms with van der Waals surface area (Å²) in [4.78, 5) is 12.1. The highest BCUT2D eigenvalue weighted by molar-refractivity contribution is 6.06. The van der Waals surface area contributed by atoms with E-state index in [4.69, 9.17) is 10.00 Å². The summed E-state index contributed by atoms with van der Waals surface area (Å²) in [5, 5.41) is 24.1. The Morgan fingerprint density at radius 1 is 1.28 bits per heavy atom. The zero-order valence-electron chi connectivity index (χ0n) is 13.8. The number of hydrogen-bond donors (Lipinski definition) is 3. The first-order valence-corrected chi connectivity index (χ1v) is 7.70. The van der Waals surface area contributed by atoms with E-state index in [9.17, 15) is 9.90 Å². The molecule has 2 aromatic carbocycles. The van der Waals surface area contributed by atoms with Gasteiger partial charge in [-0.05, 0) is 30.2 Å². The summed E-state index contributed by atoms with van der Waals surface area (Å²) in [5.41, 5.74) is 1.40. The first-order chi connectivity index (χ1) is 12.1. The van der Waals surface area contributed by atoms with Crippen molar-refractivity contribution in [3.63, 3.8) is 0 Å². The van der Waals surface area contributed by atoms with E-state index in [1.54, 1.807) is 19.2 Å². The molecule has 0 radical (unpaired) electrons. The van der Waals surface area contributed by atoms with Crippen LogP contribution in [0.1, 0.15) is 5.56 Å². The molecule has 0 bridgehead atoms. The number of rotatable bonds is 7. The van der Waals surface area contributed by atoms with Crippen LogP contribution in [0.25, 0.3) is 0 Å². The molecule has 0 atom stereocenters. The Balaban J connectivity index is 1.91. The number of nitrogens with one attached hydrogen (secondary N) is 2. The van der Waals surface area contributed by atoms with Gasteiger partial charge in [0.25, 0.3) is 5.91 Å². The molecule has 0 aliphatic rings. The summed E-state index contributed by atoms with van der Waals surface area (Å²) >= 11 is 0. The molecule has 3 N–H and O–H groups in total. The van der Waals surface area contributed by atoms with Crippen molar-refractivity contribution in [1.29, 1.82) is 5.26 Å². The number of benzene rings is 2. The van der Waals surface area contributed by atoms with E-state index in [-0.39, 0.29) is 11.3 Å². The minimum absolute atomic E-state index is 0.0372. The van der Waals surface area contributed by atoms with E-state index in [2.05, 4.69) is 10.6 Å². The molecular formula is C19H19N3O3. The van der Waals surface area contributed by atoms with Crippen molar-refractivity contribution in [3.8, 4) is 17.6 Å². The third-order valence-corrected chi connectivity index (χ3v) is 3.45. The van der Waals surface area contributed by atoms with Crippen molar-refractivity contribution in [2.24, 2.45) is 0 Å². The van der Waals surface area contributed by atoms with Gasteiger partial charge in [0.15, 0.2) is 0 Å². The Morgan fingerprint density at radius 3 is 2.80 bits per heavy atom. The number of phenols is 1. The fourth-order valence-electron chi connectivity index (χ4n) is 2.22. The van der Waals surface area contributed by atoms with Crippen LogP contribution >= 0.6 is 0 Å². The topological polar surface area (TPSA) is 94.4 Å². The Hall–Kier alpha value is -3.46. The summed E-state index contributed by atoms with van der Waals surface area (Å²) in [7, 11) is 1.62. The number of hydrogen-bond acceptors (Lipinski definition) is 5. The number of carbonyl (C=O) groups is 1. The van der Waals surface area contributed by atoms with E-state index in [0.717, 1.165) is 11.3 Å². The van der Waals surface area contributed by atoms with Crippen molar-refractivity contribution in [2.75, 3.05) is 19.0 Å². The molecule has 1 amide bonds. The van der Waals surface area contributed by atoms with Crippen molar-refractivity contribution < 1.29 is 14.6 Å². The molecule has 0 heterocycles. The van der Waals surface area contributed by atoms with Crippen molar-refractivity contribution in [2.45, 2.75) is 6.42 Å². The normalized spacial score (nSPS) is 10.6. The molecule has 2 rings (SSSR count). The fourth-order valence-corrected chi connectivity index (χ4v) is 2.22. The first kappa shape index (κ1) is 17.9. The van der Waals surface area contributed by atoms with Gasteiger partial charge in [0, 0.05) is 24.5 Å². The predicted octanol–water partition coefficient (Wildman–Crippen LogP) is 2.58. The third-order valence-electron chi connectivity index (χ3n) is 3.45. The van der Waals surface area contributed by atoms with Crippen molar-refractivity contribution in [3.05, 3.63) is 65.9 Å². The Morgan fingerprint density at radius 2 is 2.08 bits per heavy atom. The van der Waals surface area contributed by atoms with E-state index < -0.39 is 5.91 Å². The van der Waals surface area contributed by atoms with Gasteiger partial charge in [-0.1, -0.05) is 24.3 Å². The second-order valence-corrected chi connectivity index (χ2v) is 5.19. The van der Waals surface area contributed by atoms with Crippen LogP contribution in [0.3, 0.4) is 0 Å². The van der Waals surface area contributed by atoms with Gasteiger partial charge >= 0.3 is 0 Å². The van der Waals surface area contributed by atoms with Crippen LogP contribution in [0.15, 0.2) is 60.3 Å². The number of ether oxygens (including phenoxy) is 1. The minimum atomic E-state index is -0.544.